The van der Waals surface area contributed by atoms with Crippen LogP contribution in [0.3, 0.4) is 0 Å². The van der Waals surface area contributed by atoms with Gasteiger partial charge in [-0.05, 0) is 83.6 Å². The minimum atomic E-state index is -0.449. The first-order chi connectivity index (χ1) is 10.7. The highest BCUT2D eigenvalue weighted by Gasteiger charge is 2.25. The Balaban J connectivity index is 1.88. The summed E-state index contributed by atoms with van der Waals surface area (Å²) in [6.07, 6.45) is 3.90. The highest BCUT2D eigenvalue weighted by atomic mass is 16.6. The molecule has 0 bridgehead atoms. The SMILES string of the molecule is Cc1ccc(NC2CCCC(NC(=O)OC(C)(C)C)C2)cc1C. The van der Waals surface area contributed by atoms with E-state index in [1.165, 1.54) is 11.1 Å². The molecule has 2 unspecified atom stereocenters. The van der Waals surface area contributed by atoms with Crippen LogP contribution in [0, 0.1) is 13.8 Å². The Bertz CT molecular complexity index is 549. The largest absolute Gasteiger partial charge is 0.444 e. The van der Waals surface area contributed by atoms with Gasteiger partial charge in [0, 0.05) is 17.8 Å². The molecular weight excluding hydrogens is 288 g/mol. The lowest BCUT2D eigenvalue weighted by molar-refractivity contribution is 0.0492. The van der Waals surface area contributed by atoms with Crippen LogP contribution in [0.2, 0.25) is 0 Å². The molecule has 0 radical (unpaired) electrons. The third-order valence-electron chi connectivity index (χ3n) is 4.27. The average Bonchev–Trinajstić information content (AvgIpc) is 2.41. The second-order valence-electron chi connectivity index (χ2n) is 7.65. The quantitative estimate of drug-likeness (QED) is 0.859. The van der Waals surface area contributed by atoms with Crippen LogP contribution in [-0.2, 0) is 4.74 Å². The number of benzene rings is 1. The van der Waals surface area contributed by atoms with Gasteiger partial charge in [0.25, 0.3) is 0 Å². The number of aryl methyl sites for hydroxylation is 2. The molecule has 1 aliphatic carbocycles. The van der Waals surface area contributed by atoms with Crippen LogP contribution in [0.15, 0.2) is 18.2 Å². The van der Waals surface area contributed by atoms with Crippen LogP contribution in [-0.4, -0.2) is 23.8 Å². The summed E-state index contributed by atoms with van der Waals surface area (Å²) in [6.45, 7) is 9.92. The average molecular weight is 318 g/mol. The molecule has 0 aliphatic heterocycles. The van der Waals surface area contributed by atoms with Gasteiger partial charge in [-0.2, -0.15) is 0 Å². The number of ether oxygens (including phenoxy) is 1. The summed E-state index contributed by atoms with van der Waals surface area (Å²) in [4.78, 5) is 11.9. The number of hydrogen-bond acceptors (Lipinski definition) is 3. The van der Waals surface area contributed by atoms with Crippen LogP contribution in [0.25, 0.3) is 0 Å². The summed E-state index contributed by atoms with van der Waals surface area (Å²) >= 11 is 0. The van der Waals surface area contributed by atoms with Gasteiger partial charge in [0.05, 0.1) is 0 Å². The van der Waals surface area contributed by atoms with Crippen molar-refractivity contribution in [3.63, 3.8) is 0 Å². The van der Waals surface area contributed by atoms with E-state index in [9.17, 15) is 4.79 Å². The molecule has 2 atom stereocenters. The van der Waals surface area contributed by atoms with Gasteiger partial charge in [0.2, 0.25) is 0 Å². The molecule has 1 saturated carbocycles. The number of hydrogen-bond donors (Lipinski definition) is 2. The van der Waals surface area contributed by atoms with Gasteiger partial charge >= 0.3 is 6.09 Å². The molecule has 1 aliphatic rings. The van der Waals surface area contributed by atoms with E-state index in [0.29, 0.717) is 6.04 Å². The first-order valence-corrected chi connectivity index (χ1v) is 8.56. The van der Waals surface area contributed by atoms with Gasteiger partial charge in [-0.15, -0.1) is 0 Å². The summed E-state index contributed by atoms with van der Waals surface area (Å²) < 4.78 is 5.35. The summed E-state index contributed by atoms with van der Waals surface area (Å²) in [5, 5.41) is 6.62. The lowest BCUT2D eigenvalue weighted by Gasteiger charge is -2.31. The number of rotatable bonds is 3. The van der Waals surface area contributed by atoms with Crippen molar-refractivity contribution in [1.29, 1.82) is 0 Å². The molecule has 4 nitrogen and oxygen atoms in total. The molecule has 2 N–H and O–H groups in total. The fourth-order valence-electron chi connectivity index (χ4n) is 2.99. The van der Waals surface area contributed by atoms with E-state index in [0.717, 1.165) is 31.4 Å². The maximum atomic E-state index is 11.9. The van der Waals surface area contributed by atoms with E-state index in [4.69, 9.17) is 4.74 Å². The molecule has 1 fully saturated rings. The molecule has 0 heterocycles. The Hall–Kier alpha value is -1.71. The maximum absolute atomic E-state index is 11.9. The minimum Gasteiger partial charge on any atom is -0.444 e. The van der Waals surface area contributed by atoms with Crippen molar-refractivity contribution in [1.82, 2.24) is 5.32 Å². The van der Waals surface area contributed by atoms with Crippen LogP contribution < -0.4 is 10.6 Å². The smallest absolute Gasteiger partial charge is 0.407 e. The van der Waals surface area contributed by atoms with Crippen molar-refractivity contribution >= 4 is 11.8 Å². The standard InChI is InChI=1S/C19H30N2O2/c1-13-9-10-17(11-14(13)2)20-15-7-6-8-16(12-15)21-18(22)23-19(3,4)5/h9-11,15-16,20H,6-8,12H2,1-5H3,(H,21,22). The van der Waals surface area contributed by atoms with Gasteiger partial charge in [-0.1, -0.05) is 6.07 Å². The highest BCUT2D eigenvalue weighted by Crippen LogP contribution is 2.24. The molecule has 0 aromatic heterocycles. The van der Waals surface area contributed by atoms with E-state index >= 15 is 0 Å². The molecule has 1 amide bonds. The molecule has 0 spiro atoms. The number of nitrogens with one attached hydrogen (secondary N) is 2. The normalized spacial score (nSPS) is 21.6. The topological polar surface area (TPSA) is 50.4 Å². The van der Waals surface area contributed by atoms with Gasteiger partial charge in [-0.3, -0.25) is 0 Å². The van der Waals surface area contributed by atoms with E-state index in [-0.39, 0.29) is 12.1 Å². The molecule has 0 saturated heterocycles. The van der Waals surface area contributed by atoms with Gasteiger partial charge in [0.15, 0.2) is 0 Å². The van der Waals surface area contributed by atoms with E-state index < -0.39 is 5.60 Å². The zero-order valence-corrected chi connectivity index (χ0v) is 15.0. The lowest BCUT2D eigenvalue weighted by atomic mass is 9.91. The molecule has 23 heavy (non-hydrogen) atoms. The van der Waals surface area contributed by atoms with Gasteiger partial charge in [-0.25, -0.2) is 4.79 Å². The van der Waals surface area contributed by atoms with Crippen molar-refractivity contribution < 1.29 is 9.53 Å². The molecule has 128 valence electrons. The van der Waals surface area contributed by atoms with Crippen molar-refractivity contribution in [2.24, 2.45) is 0 Å². The molecule has 4 heteroatoms. The third kappa shape index (κ3) is 5.77. The Morgan fingerprint density at radius 1 is 1.13 bits per heavy atom. The number of anilines is 1. The summed E-state index contributed by atoms with van der Waals surface area (Å²) in [5.41, 5.74) is 3.32. The fraction of sp³-hybridized carbons (Fsp3) is 0.632. The van der Waals surface area contributed by atoms with E-state index in [1.54, 1.807) is 0 Å². The molecular formula is C19H30N2O2. The summed E-state index contributed by atoms with van der Waals surface area (Å²) in [7, 11) is 0. The predicted octanol–water partition coefficient (Wildman–Crippen LogP) is 4.55. The molecule has 2 rings (SSSR count). The zero-order chi connectivity index (χ0) is 17.0. The Labute approximate surface area is 140 Å². The summed E-state index contributed by atoms with van der Waals surface area (Å²) in [6, 6.07) is 7.05. The highest BCUT2D eigenvalue weighted by molar-refractivity contribution is 5.68. The fourth-order valence-corrected chi connectivity index (χ4v) is 2.99. The number of carbonyl (C=O) groups excluding carboxylic acids is 1. The van der Waals surface area contributed by atoms with E-state index in [2.05, 4.69) is 42.7 Å². The second-order valence-corrected chi connectivity index (χ2v) is 7.65. The van der Waals surface area contributed by atoms with Crippen LogP contribution in [0.1, 0.15) is 57.6 Å². The van der Waals surface area contributed by atoms with E-state index in [1.807, 2.05) is 20.8 Å². The van der Waals surface area contributed by atoms with Crippen molar-refractivity contribution in [2.45, 2.75) is 78.0 Å². The van der Waals surface area contributed by atoms with Crippen molar-refractivity contribution in [2.75, 3.05) is 5.32 Å². The predicted molar refractivity (Wildman–Crippen MR) is 95.0 cm³/mol. The number of carbonyl (C=O) groups is 1. The molecule has 1 aromatic rings. The number of amides is 1. The maximum Gasteiger partial charge on any atom is 0.407 e. The van der Waals surface area contributed by atoms with Gasteiger partial charge in [0.1, 0.15) is 5.60 Å². The van der Waals surface area contributed by atoms with Crippen LogP contribution in [0.4, 0.5) is 10.5 Å². The Morgan fingerprint density at radius 2 is 1.83 bits per heavy atom. The second kappa shape index (κ2) is 7.24. The Kier molecular flexibility index (Phi) is 5.55. The molecule has 1 aromatic carbocycles. The third-order valence-corrected chi connectivity index (χ3v) is 4.27. The van der Waals surface area contributed by atoms with Gasteiger partial charge < -0.3 is 15.4 Å². The van der Waals surface area contributed by atoms with Crippen molar-refractivity contribution in [3.8, 4) is 0 Å². The van der Waals surface area contributed by atoms with Crippen LogP contribution >= 0.6 is 0 Å². The minimum absolute atomic E-state index is 0.183. The monoisotopic (exact) mass is 318 g/mol. The zero-order valence-electron chi connectivity index (χ0n) is 15.0. The Morgan fingerprint density at radius 3 is 2.48 bits per heavy atom. The number of alkyl carbamates (subject to hydrolysis) is 1. The van der Waals surface area contributed by atoms with Crippen LogP contribution in [0.5, 0.6) is 0 Å². The summed E-state index contributed by atoms with van der Waals surface area (Å²) in [5.74, 6) is 0. The lowest BCUT2D eigenvalue weighted by Crippen LogP contribution is -2.43. The van der Waals surface area contributed by atoms with Crippen molar-refractivity contribution in [3.05, 3.63) is 29.3 Å². The first-order valence-electron chi connectivity index (χ1n) is 8.56. The first kappa shape index (κ1) is 17.6.